The van der Waals surface area contributed by atoms with Gasteiger partial charge in [0.1, 0.15) is 17.4 Å². The highest BCUT2D eigenvalue weighted by atomic mass is 16.3. The molecule has 3 aromatic rings. The van der Waals surface area contributed by atoms with Crippen LogP contribution < -0.4 is 4.90 Å². The Morgan fingerprint density at radius 1 is 1.07 bits per heavy atom. The maximum absolute atomic E-state index is 12.7. The Kier molecular flexibility index (Phi) is 5.29. The SMILES string of the molecule is CCN1CCN(C(=O)CC2CCN(c3ncnc4c3oc3ccccc34)CC2)CC1. The zero-order valence-electron chi connectivity index (χ0n) is 17.6. The Morgan fingerprint density at radius 3 is 2.60 bits per heavy atom. The first-order valence-electron chi connectivity index (χ1n) is 11.1. The molecular formula is C23H29N5O2. The zero-order valence-corrected chi connectivity index (χ0v) is 17.6. The van der Waals surface area contributed by atoms with Gasteiger partial charge in [0.25, 0.3) is 0 Å². The molecule has 1 amide bonds. The fraction of sp³-hybridized carbons (Fsp3) is 0.522. The maximum Gasteiger partial charge on any atom is 0.222 e. The average Bonchev–Trinajstić information content (AvgIpc) is 3.18. The van der Waals surface area contributed by atoms with Crippen LogP contribution in [0.5, 0.6) is 0 Å². The number of carbonyl (C=O) groups excluding carboxylic acids is 1. The number of benzene rings is 1. The van der Waals surface area contributed by atoms with Gasteiger partial charge in [-0.1, -0.05) is 19.1 Å². The van der Waals surface area contributed by atoms with Crippen molar-refractivity contribution in [3.63, 3.8) is 0 Å². The molecule has 0 spiro atoms. The molecule has 0 bridgehead atoms. The van der Waals surface area contributed by atoms with Crippen molar-refractivity contribution >= 4 is 33.8 Å². The van der Waals surface area contributed by atoms with Gasteiger partial charge in [0, 0.05) is 51.1 Å². The van der Waals surface area contributed by atoms with Crippen LogP contribution in [0, 0.1) is 5.92 Å². The number of nitrogens with zero attached hydrogens (tertiary/aromatic N) is 5. The van der Waals surface area contributed by atoms with Gasteiger partial charge in [-0.25, -0.2) is 9.97 Å². The number of hydrogen-bond acceptors (Lipinski definition) is 6. The van der Waals surface area contributed by atoms with Crippen molar-refractivity contribution < 1.29 is 9.21 Å². The molecule has 2 saturated heterocycles. The van der Waals surface area contributed by atoms with E-state index in [0.29, 0.717) is 18.2 Å². The molecule has 1 aromatic carbocycles. The van der Waals surface area contributed by atoms with E-state index in [2.05, 4.69) is 31.6 Å². The minimum atomic E-state index is 0.325. The zero-order chi connectivity index (χ0) is 20.5. The van der Waals surface area contributed by atoms with Gasteiger partial charge in [-0.05, 0) is 37.4 Å². The quantitative estimate of drug-likeness (QED) is 0.662. The molecule has 7 nitrogen and oxygen atoms in total. The van der Waals surface area contributed by atoms with Crippen molar-refractivity contribution in [2.24, 2.45) is 5.92 Å². The Bertz CT molecular complexity index is 1030. The second-order valence-corrected chi connectivity index (χ2v) is 8.42. The van der Waals surface area contributed by atoms with E-state index in [-0.39, 0.29) is 0 Å². The van der Waals surface area contributed by atoms with Crippen molar-refractivity contribution in [2.45, 2.75) is 26.2 Å². The van der Waals surface area contributed by atoms with Crippen LogP contribution in [0.2, 0.25) is 0 Å². The van der Waals surface area contributed by atoms with Crippen LogP contribution in [-0.2, 0) is 4.79 Å². The lowest BCUT2D eigenvalue weighted by molar-refractivity contribution is -0.134. The third-order valence-corrected chi connectivity index (χ3v) is 6.69. The van der Waals surface area contributed by atoms with Crippen molar-refractivity contribution in [3.05, 3.63) is 30.6 Å². The third kappa shape index (κ3) is 3.62. The standard InChI is InChI=1S/C23H29N5O2/c1-2-26-11-13-27(14-12-26)20(29)15-17-7-9-28(10-8-17)23-22-21(24-16-25-23)18-5-3-4-6-19(18)30-22/h3-6,16-17H,2,7-15H2,1H3. The van der Waals surface area contributed by atoms with Crippen molar-refractivity contribution in [1.82, 2.24) is 19.8 Å². The number of aromatic nitrogens is 2. The topological polar surface area (TPSA) is 65.7 Å². The van der Waals surface area contributed by atoms with Crippen LogP contribution in [0.25, 0.3) is 22.1 Å². The summed E-state index contributed by atoms with van der Waals surface area (Å²) < 4.78 is 6.09. The van der Waals surface area contributed by atoms with E-state index in [1.54, 1.807) is 6.33 Å². The molecule has 2 fully saturated rings. The fourth-order valence-electron chi connectivity index (χ4n) is 4.78. The molecule has 0 unspecified atom stereocenters. The Morgan fingerprint density at radius 2 is 1.83 bits per heavy atom. The molecule has 30 heavy (non-hydrogen) atoms. The minimum absolute atomic E-state index is 0.325. The number of carbonyl (C=O) groups is 1. The third-order valence-electron chi connectivity index (χ3n) is 6.69. The summed E-state index contributed by atoms with van der Waals surface area (Å²) in [6.07, 6.45) is 4.31. The number of hydrogen-bond donors (Lipinski definition) is 0. The average molecular weight is 408 g/mol. The lowest BCUT2D eigenvalue weighted by atomic mass is 9.93. The summed E-state index contributed by atoms with van der Waals surface area (Å²) in [7, 11) is 0. The van der Waals surface area contributed by atoms with E-state index < -0.39 is 0 Å². The minimum Gasteiger partial charge on any atom is -0.450 e. The van der Waals surface area contributed by atoms with Crippen LogP contribution >= 0.6 is 0 Å². The van der Waals surface area contributed by atoms with Crippen molar-refractivity contribution in [3.8, 4) is 0 Å². The smallest absolute Gasteiger partial charge is 0.222 e. The number of fused-ring (bicyclic) bond motifs is 3. The number of piperazine rings is 1. The van der Waals surface area contributed by atoms with Crippen LogP contribution in [0.3, 0.4) is 0 Å². The summed E-state index contributed by atoms with van der Waals surface area (Å²) in [4.78, 5) is 28.5. The van der Waals surface area contributed by atoms with Crippen LogP contribution in [-0.4, -0.2) is 71.5 Å². The predicted octanol–water partition coefficient (Wildman–Crippen LogP) is 3.15. The number of furan rings is 1. The first-order valence-corrected chi connectivity index (χ1v) is 11.1. The number of rotatable bonds is 4. The Labute approximate surface area is 176 Å². The summed E-state index contributed by atoms with van der Waals surface area (Å²) >= 11 is 0. The summed E-state index contributed by atoms with van der Waals surface area (Å²) in [6.45, 7) is 8.79. The first kappa shape index (κ1) is 19.3. The fourth-order valence-corrected chi connectivity index (χ4v) is 4.78. The van der Waals surface area contributed by atoms with E-state index in [0.717, 1.165) is 86.5 Å². The molecule has 2 aliphatic rings. The van der Waals surface area contributed by atoms with Gasteiger partial charge in [-0.3, -0.25) is 4.79 Å². The summed E-state index contributed by atoms with van der Waals surface area (Å²) in [5.41, 5.74) is 2.49. The predicted molar refractivity (Wildman–Crippen MR) is 118 cm³/mol. The largest absolute Gasteiger partial charge is 0.450 e. The second kappa shape index (κ2) is 8.22. The normalized spacial score (nSPS) is 19.1. The van der Waals surface area contributed by atoms with Gasteiger partial charge < -0.3 is 19.1 Å². The molecule has 4 heterocycles. The molecule has 0 aliphatic carbocycles. The highest BCUT2D eigenvalue weighted by Crippen LogP contribution is 2.34. The van der Waals surface area contributed by atoms with Crippen LogP contribution in [0.1, 0.15) is 26.2 Å². The molecule has 7 heteroatoms. The monoisotopic (exact) mass is 407 g/mol. The highest BCUT2D eigenvalue weighted by molar-refractivity contribution is 6.05. The molecule has 0 N–H and O–H groups in total. The lowest BCUT2D eigenvalue weighted by Gasteiger charge is -2.36. The van der Waals surface area contributed by atoms with Crippen LogP contribution in [0.15, 0.2) is 35.0 Å². The highest BCUT2D eigenvalue weighted by Gasteiger charge is 2.27. The first-order chi connectivity index (χ1) is 14.7. The summed E-state index contributed by atoms with van der Waals surface area (Å²) in [5, 5.41) is 1.03. The summed E-state index contributed by atoms with van der Waals surface area (Å²) in [6, 6.07) is 7.99. The molecule has 0 radical (unpaired) electrons. The van der Waals surface area contributed by atoms with Crippen molar-refractivity contribution in [2.75, 3.05) is 50.7 Å². The van der Waals surface area contributed by atoms with E-state index >= 15 is 0 Å². The van der Waals surface area contributed by atoms with Crippen molar-refractivity contribution in [1.29, 1.82) is 0 Å². The molecule has 5 rings (SSSR count). The Balaban J connectivity index is 1.23. The van der Waals surface area contributed by atoms with Gasteiger partial charge in [0.15, 0.2) is 11.4 Å². The van der Waals surface area contributed by atoms with E-state index in [4.69, 9.17) is 4.42 Å². The number of piperidine rings is 1. The molecule has 158 valence electrons. The Hall–Kier alpha value is -2.67. The van der Waals surface area contributed by atoms with Gasteiger partial charge in [0.05, 0.1) is 0 Å². The number of para-hydroxylation sites is 1. The van der Waals surface area contributed by atoms with E-state index in [1.807, 2.05) is 24.3 Å². The second-order valence-electron chi connectivity index (χ2n) is 8.42. The number of amides is 1. The molecule has 0 saturated carbocycles. The van der Waals surface area contributed by atoms with E-state index in [9.17, 15) is 4.79 Å². The molecule has 2 aromatic heterocycles. The molecule has 0 atom stereocenters. The number of anilines is 1. The molecular weight excluding hydrogens is 378 g/mol. The van der Waals surface area contributed by atoms with Gasteiger partial charge in [-0.2, -0.15) is 0 Å². The lowest BCUT2D eigenvalue weighted by Crippen LogP contribution is -2.49. The summed E-state index contributed by atoms with van der Waals surface area (Å²) in [5.74, 6) is 1.65. The maximum atomic E-state index is 12.7. The van der Waals surface area contributed by atoms with E-state index in [1.165, 1.54) is 0 Å². The van der Waals surface area contributed by atoms with Crippen LogP contribution in [0.4, 0.5) is 5.82 Å². The number of likely N-dealkylation sites (N-methyl/N-ethyl adjacent to an activating group) is 1. The molecule has 2 aliphatic heterocycles. The van der Waals surface area contributed by atoms with Gasteiger partial charge >= 0.3 is 0 Å². The van der Waals surface area contributed by atoms with Gasteiger partial charge in [-0.15, -0.1) is 0 Å². The van der Waals surface area contributed by atoms with Gasteiger partial charge in [0.2, 0.25) is 5.91 Å².